The molecule has 3 radical (unpaired) electrons. The zero-order valence-electron chi connectivity index (χ0n) is 7.03. The standard InChI is InChI=1S/C6H16NOSi2/c1-4-5-6-7-10(3)8-9-2/h7H,4-6H2,1-3H3. The molecule has 1 N–H and O–H groups in total. The van der Waals surface area contributed by atoms with Crippen molar-refractivity contribution in [2.24, 2.45) is 0 Å². The second-order valence-corrected chi connectivity index (χ2v) is 4.83. The maximum atomic E-state index is 5.41. The lowest BCUT2D eigenvalue weighted by molar-refractivity contribution is 0.587. The summed E-state index contributed by atoms with van der Waals surface area (Å²) >= 11 is 0. The molecule has 0 spiro atoms. The Morgan fingerprint density at radius 3 is 2.80 bits per heavy atom. The van der Waals surface area contributed by atoms with E-state index in [0.29, 0.717) is 9.76 Å². The average Bonchev–Trinajstić information content (AvgIpc) is 1.89. The third kappa shape index (κ3) is 6.47. The minimum absolute atomic E-state index is 0.633. The van der Waals surface area contributed by atoms with E-state index in [1.165, 1.54) is 12.8 Å². The molecule has 0 aliphatic rings. The molecule has 0 bridgehead atoms. The van der Waals surface area contributed by atoms with Gasteiger partial charge >= 0.3 is 0 Å². The van der Waals surface area contributed by atoms with Gasteiger partial charge in [0.25, 0.3) is 9.20 Å². The first kappa shape index (κ1) is 10.4. The lowest BCUT2D eigenvalue weighted by Gasteiger charge is -2.08. The monoisotopic (exact) mass is 174 g/mol. The van der Waals surface area contributed by atoms with Gasteiger partial charge in [-0.3, -0.25) is 0 Å². The van der Waals surface area contributed by atoms with Crippen LogP contribution in [0.3, 0.4) is 0 Å². The summed E-state index contributed by atoms with van der Waals surface area (Å²) in [5.74, 6) is 0. The first-order valence-electron chi connectivity index (χ1n) is 3.72. The second-order valence-electron chi connectivity index (χ2n) is 2.14. The molecule has 0 aromatic heterocycles. The number of rotatable bonds is 6. The van der Waals surface area contributed by atoms with Crippen LogP contribution in [0.25, 0.3) is 0 Å². The van der Waals surface area contributed by atoms with Crippen molar-refractivity contribution >= 4 is 19.0 Å². The third-order valence-electron chi connectivity index (χ3n) is 1.16. The Labute approximate surface area is 68.1 Å². The van der Waals surface area contributed by atoms with Crippen LogP contribution in [0.15, 0.2) is 0 Å². The highest BCUT2D eigenvalue weighted by Crippen LogP contribution is 1.84. The van der Waals surface area contributed by atoms with Crippen LogP contribution in [-0.2, 0) is 4.12 Å². The van der Waals surface area contributed by atoms with Crippen molar-refractivity contribution in [2.45, 2.75) is 32.9 Å². The van der Waals surface area contributed by atoms with Gasteiger partial charge in [-0.15, -0.1) is 0 Å². The van der Waals surface area contributed by atoms with Gasteiger partial charge in [0.2, 0.25) is 9.76 Å². The Hall–Kier alpha value is 0.354. The van der Waals surface area contributed by atoms with Crippen LogP contribution in [-0.4, -0.2) is 25.5 Å². The molecule has 0 saturated heterocycles. The third-order valence-corrected chi connectivity index (χ3v) is 3.95. The predicted molar refractivity (Wildman–Crippen MR) is 47.2 cm³/mol. The molecule has 10 heavy (non-hydrogen) atoms. The second kappa shape index (κ2) is 7.46. The van der Waals surface area contributed by atoms with Crippen LogP contribution in [0.1, 0.15) is 19.8 Å². The van der Waals surface area contributed by atoms with E-state index < -0.39 is 9.20 Å². The summed E-state index contributed by atoms with van der Waals surface area (Å²) in [6.07, 6.45) is 2.52. The van der Waals surface area contributed by atoms with Crippen molar-refractivity contribution in [3.8, 4) is 0 Å². The fraction of sp³-hybridized carbons (Fsp3) is 1.00. The highest BCUT2D eigenvalue weighted by Gasteiger charge is 2.01. The lowest BCUT2D eigenvalue weighted by Crippen LogP contribution is -2.35. The number of unbranched alkanes of at least 4 members (excludes halogenated alkanes) is 1. The Balaban J connectivity index is 2.97. The number of hydrogen-bond acceptors (Lipinski definition) is 2. The molecule has 2 nitrogen and oxygen atoms in total. The van der Waals surface area contributed by atoms with Crippen LogP contribution in [0.4, 0.5) is 0 Å². The van der Waals surface area contributed by atoms with Crippen molar-refractivity contribution in [3.63, 3.8) is 0 Å². The Morgan fingerprint density at radius 1 is 1.60 bits per heavy atom. The molecule has 0 aromatic carbocycles. The molecule has 0 aliphatic carbocycles. The van der Waals surface area contributed by atoms with E-state index in [9.17, 15) is 0 Å². The quantitative estimate of drug-likeness (QED) is 0.482. The minimum Gasteiger partial charge on any atom is -0.445 e. The van der Waals surface area contributed by atoms with E-state index in [2.05, 4.69) is 25.0 Å². The minimum atomic E-state index is -0.651. The van der Waals surface area contributed by atoms with Gasteiger partial charge in [-0.2, -0.15) is 0 Å². The average molecular weight is 174 g/mol. The molecule has 0 atom stereocenters. The SMILES string of the molecule is CCCCN[Si](C)O[Si]C. The molecule has 0 unspecified atom stereocenters. The number of nitrogens with one attached hydrogen (secondary N) is 1. The molecule has 0 heterocycles. The fourth-order valence-corrected chi connectivity index (χ4v) is 2.67. The van der Waals surface area contributed by atoms with Crippen molar-refractivity contribution in [2.75, 3.05) is 6.54 Å². The Kier molecular flexibility index (Phi) is 7.72. The first-order chi connectivity index (χ1) is 4.81. The van der Waals surface area contributed by atoms with Crippen LogP contribution in [0, 0.1) is 0 Å². The Morgan fingerprint density at radius 2 is 2.30 bits per heavy atom. The van der Waals surface area contributed by atoms with Gasteiger partial charge in [-0.1, -0.05) is 13.3 Å². The largest absolute Gasteiger partial charge is 0.445 e. The van der Waals surface area contributed by atoms with Gasteiger partial charge in [0.1, 0.15) is 0 Å². The summed E-state index contributed by atoms with van der Waals surface area (Å²) < 4.78 is 5.41. The fourth-order valence-electron chi connectivity index (χ4n) is 0.630. The van der Waals surface area contributed by atoms with Crippen molar-refractivity contribution in [1.82, 2.24) is 4.98 Å². The highest BCUT2D eigenvalue weighted by molar-refractivity contribution is 6.54. The summed E-state index contributed by atoms with van der Waals surface area (Å²) in [6.45, 7) is 7.53. The van der Waals surface area contributed by atoms with Gasteiger partial charge < -0.3 is 9.10 Å². The maximum absolute atomic E-state index is 5.41. The van der Waals surface area contributed by atoms with E-state index in [0.717, 1.165) is 6.54 Å². The topological polar surface area (TPSA) is 21.3 Å². The molecule has 0 aromatic rings. The Bertz CT molecular complexity index is 72.8. The summed E-state index contributed by atoms with van der Waals surface area (Å²) in [6, 6.07) is 0. The predicted octanol–water partition coefficient (Wildman–Crippen LogP) is 1.18. The van der Waals surface area contributed by atoms with Crippen molar-refractivity contribution in [3.05, 3.63) is 0 Å². The van der Waals surface area contributed by atoms with E-state index >= 15 is 0 Å². The molecule has 0 amide bonds. The molecular formula is C6H16NOSi2. The highest BCUT2D eigenvalue weighted by atomic mass is 28.4. The van der Waals surface area contributed by atoms with E-state index in [1.54, 1.807) is 0 Å². The van der Waals surface area contributed by atoms with Crippen LogP contribution < -0.4 is 4.98 Å². The normalized spacial score (nSPS) is 10.8. The van der Waals surface area contributed by atoms with Crippen molar-refractivity contribution < 1.29 is 4.12 Å². The van der Waals surface area contributed by atoms with E-state index in [-0.39, 0.29) is 0 Å². The van der Waals surface area contributed by atoms with Gasteiger partial charge in [0, 0.05) is 0 Å². The van der Waals surface area contributed by atoms with Crippen LogP contribution in [0.2, 0.25) is 13.1 Å². The van der Waals surface area contributed by atoms with Crippen molar-refractivity contribution in [1.29, 1.82) is 0 Å². The maximum Gasteiger partial charge on any atom is 0.288 e. The molecule has 0 fully saturated rings. The lowest BCUT2D eigenvalue weighted by atomic mass is 10.3. The smallest absolute Gasteiger partial charge is 0.288 e. The van der Waals surface area contributed by atoms with E-state index in [4.69, 9.17) is 4.12 Å². The summed E-state index contributed by atoms with van der Waals surface area (Å²) in [5.41, 5.74) is 0. The molecule has 0 rings (SSSR count). The van der Waals surface area contributed by atoms with Crippen LogP contribution in [0.5, 0.6) is 0 Å². The molecular weight excluding hydrogens is 158 g/mol. The summed E-state index contributed by atoms with van der Waals surface area (Å²) in [7, 11) is -0.0179. The molecule has 4 heteroatoms. The van der Waals surface area contributed by atoms with Gasteiger partial charge in [-0.25, -0.2) is 0 Å². The van der Waals surface area contributed by atoms with Gasteiger partial charge in [-0.05, 0) is 26.1 Å². The van der Waals surface area contributed by atoms with Gasteiger partial charge in [0.15, 0.2) is 0 Å². The summed E-state index contributed by atoms with van der Waals surface area (Å²) in [5, 5.41) is 0. The van der Waals surface area contributed by atoms with E-state index in [1.807, 2.05) is 0 Å². The number of hydrogen-bond donors (Lipinski definition) is 1. The summed E-state index contributed by atoms with van der Waals surface area (Å²) in [4.78, 5) is 3.37. The van der Waals surface area contributed by atoms with Gasteiger partial charge in [0.05, 0.1) is 0 Å². The molecule has 0 saturated carbocycles. The molecule has 0 aliphatic heterocycles. The zero-order valence-corrected chi connectivity index (χ0v) is 9.03. The first-order valence-corrected chi connectivity index (χ1v) is 7.04. The molecule has 59 valence electrons. The zero-order chi connectivity index (χ0) is 7.82. The van der Waals surface area contributed by atoms with Crippen LogP contribution >= 0.6 is 0 Å².